The molecule has 1 rings (SSSR count). The Morgan fingerprint density at radius 1 is 1.36 bits per heavy atom. The first-order valence-electron chi connectivity index (χ1n) is 3.41. The van der Waals surface area contributed by atoms with E-state index in [4.69, 9.17) is 10.0 Å². The van der Waals surface area contributed by atoms with Gasteiger partial charge in [0.25, 0.3) is 0 Å². The molecule has 5 heteroatoms. The lowest BCUT2D eigenvalue weighted by molar-refractivity contribution is -0.117. The molecule has 0 fully saturated rings. The van der Waals surface area contributed by atoms with E-state index < -0.39 is 18.7 Å². The third kappa shape index (κ3) is 1.67. The smallest absolute Gasteiger partial charge is 0.423 e. The van der Waals surface area contributed by atoms with Gasteiger partial charge in [0.05, 0.1) is 0 Å². The summed E-state index contributed by atoms with van der Waals surface area (Å²) in [5.41, 5.74) is -0.179. The average Bonchev–Trinajstić information content (AvgIpc) is 1.94. The first-order chi connectivity index (χ1) is 5.13. The third-order valence-corrected chi connectivity index (χ3v) is 1.69. The third-order valence-electron chi connectivity index (χ3n) is 1.69. The summed E-state index contributed by atoms with van der Waals surface area (Å²) >= 11 is 0. The van der Waals surface area contributed by atoms with Crippen LogP contribution in [-0.4, -0.2) is 22.9 Å². The molecule has 0 saturated heterocycles. The number of rotatable bonds is 1. The van der Waals surface area contributed by atoms with Crippen LogP contribution in [0.5, 0.6) is 0 Å². The molecule has 11 heavy (non-hydrogen) atoms. The number of hydrogen-bond donors (Lipinski definition) is 2. The van der Waals surface area contributed by atoms with Crippen molar-refractivity contribution in [3.63, 3.8) is 0 Å². The summed E-state index contributed by atoms with van der Waals surface area (Å²) < 4.78 is 12.7. The minimum atomic E-state index is -1.82. The Morgan fingerprint density at radius 3 is 2.45 bits per heavy atom. The molecule has 1 aliphatic rings. The molecule has 2 N–H and O–H groups in total. The van der Waals surface area contributed by atoms with Crippen LogP contribution in [0.3, 0.4) is 0 Å². The highest BCUT2D eigenvalue weighted by Gasteiger charge is 2.27. The van der Waals surface area contributed by atoms with Gasteiger partial charge in [0, 0.05) is 6.42 Å². The predicted molar refractivity (Wildman–Crippen MR) is 37.2 cm³/mol. The maximum absolute atomic E-state index is 12.7. The van der Waals surface area contributed by atoms with Gasteiger partial charge in [-0.2, -0.15) is 0 Å². The van der Waals surface area contributed by atoms with Crippen molar-refractivity contribution in [1.82, 2.24) is 0 Å². The van der Waals surface area contributed by atoms with E-state index in [1.54, 1.807) is 0 Å². The van der Waals surface area contributed by atoms with Crippen molar-refractivity contribution >= 4 is 12.9 Å². The minimum Gasteiger partial charge on any atom is -0.423 e. The molecule has 0 atom stereocenters. The molecule has 0 unspecified atom stereocenters. The van der Waals surface area contributed by atoms with Gasteiger partial charge in [0.2, 0.25) is 0 Å². The van der Waals surface area contributed by atoms with E-state index in [0.29, 0.717) is 6.42 Å². The van der Waals surface area contributed by atoms with Crippen LogP contribution in [0.15, 0.2) is 11.3 Å². The van der Waals surface area contributed by atoms with E-state index in [9.17, 15) is 9.18 Å². The van der Waals surface area contributed by atoms with Crippen molar-refractivity contribution in [2.24, 2.45) is 0 Å². The van der Waals surface area contributed by atoms with Crippen molar-refractivity contribution in [2.45, 2.75) is 19.3 Å². The molecule has 0 radical (unpaired) electrons. The fourth-order valence-corrected chi connectivity index (χ4v) is 1.08. The minimum absolute atomic E-state index is 0.169. The van der Waals surface area contributed by atoms with Crippen molar-refractivity contribution in [1.29, 1.82) is 0 Å². The standard InChI is InChI=1S/C6H8BFO3/c8-6-4(7(10)11)2-1-3-5(6)9/h10-11H,1-3H2. The van der Waals surface area contributed by atoms with Gasteiger partial charge in [0.1, 0.15) is 0 Å². The molecule has 0 aliphatic heterocycles. The van der Waals surface area contributed by atoms with Crippen LogP contribution in [0.25, 0.3) is 0 Å². The van der Waals surface area contributed by atoms with Crippen molar-refractivity contribution in [3.8, 4) is 0 Å². The monoisotopic (exact) mass is 158 g/mol. The van der Waals surface area contributed by atoms with Gasteiger partial charge in [-0.05, 0) is 18.3 Å². The van der Waals surface area contributed by atoms with E-state index >= 15 is 0 Å². The quantitative estimate of drug-likeness (QED) is 0.527. The second kappa shape index (κ2) is 3.15. The number of carbonyl (C=O) groups excluding carboxylic acids is 1. The summed E-state index contributed by atoms with van der Waals surface area (Å²) in [6, 6.07) is 0. The van der Waals surface area contributed by atoms with Crippen LogP contribution in [0.1, 0.15) is 19.3 Å². The highest BCUT2D eigenvalue weighted by atomic mass is 19.1. The Labute approximate surface area is 63.7 Å². The Morgan fingerprint density at radius 2 is 2.00 bits per heavy atom. The first-order valence-corrected chi connectivity index (χ1v) is 3.41. The summed E-state index contributed by atoms with van der Waals surface area (Å²) in [5.74, 6) is -1.59. The lowest BCUT2D eigenvalue weighted by Gasteiger charge is -2.12. The van der Waals surface area contributed by atoms with E-state index in [1.165, 1.54) is 0 Å². The van der Waals surface area contributed by atoms with Crippen LogP contribution >= 0.6 is 0 Å². The van der Waals surface area contributed by atoms with Crippen LogP contribution in [0, 0.1) is 0 Å². The van der Waals surface area contributed by atoms with Gasteiger partial charge < -0.3 is 10.0 Å². The number of carbonyl (C=O) groups is 1. The maximum Gasteiger partial charge on any atom is 0.487 e. The molecule has 3 nitrogen and oxygen atoms in total. The van der Waals surface area contributed by atoms with Gasteiger partial charge in [-0.1, -0.05) is 0 Å². The lowest BCUT2D eigenvalue weighted by atomic mass is 9.73. The summed E-state index contributed by atoms with van der Waals surface area (Å²) in [5, 5.41) is 17.1. The van der Waals surface area contributed by atoms with E-state index in [-0.39, 0.29) is 18.3 Å². The second-order valence-corrected chi connectivity index (χ2v) is 2.49. The van der Waals surface area contributed by atoms with E-state index in [1.807, 2.05) is 0 Å². The van der Waals surface area contributed by atoms with E-state index in [2.05, 4.69) is 0 Å². The van der Waals surface area contributed by atoms with Gasteiger partial charge in [-0.15, -0.1) is 0 Å². The van der Waals surface area contributed by atoms with Gasteiger partial charge in [-0.3, -0.25) is 4.79 Å². The van der Waals surface area contributed by atoms with Gasteiger partial charge in [0.15, 0.2) is 11.6 Å². The highest BCUT2D eigenvalue weighted by molar-refractivity contribution is 6.51. The molecule has 1 aliphatic carbocycles. The summed E-state index contributed by atoms with van der Waals surface area (Å²) in [7, 11) is -1.82. The molecule has 0 aromatic rings. The average molecular weight is 158 g/mol. The number of Topliss-reactive ketones (excluding diaryl/α,β-unsaturated/α-hetero) is 1. The fourth-order valence-electron chi connectivity index (χ4n) is 1.08. The predicted octanol–water partition coefficient (Wildman–Crippen LogP) is -0.0250. The normalized spacial score (nSPS) is 19.0. The lowest BCUT2D eigenvalue weighted by Crippen LogP contribution is -2.22. The van der Waals surface area contributed by atoms with Crippen LogP contribution in [0.4, 0.5) is 4.39 Å². The zero-order valence-electron chi connectivity index (χ0n) is 5.88. The molecule has 0 spiro atoms. The molecule has 0 aromatic carbocycles. The van der Waals surface area contributed by atoms with Crippen LogP contribution in [0.2, 0.25) is 0 Å². The molecule has 0 aromatic heterocycles. The number of allylic oxidation sites excluding steroid dienone is 2. The zero-order chi connectivity index (χ0) is 8.43. The molecular formula is C6H8BFO3. The molecule has 0 bridgehead atoms. The first kappa shape index (κ1) is 8.42. The second-order valence-electron chi connectivity index (χ2n) is 2.49. The summed E-state index contributed by atoms with van der Waals surface area (Å²) in [4.78, 5) is 10.7. The number of halogens is 1. The van der Waals surface area contributed by atoms with Gasteiger partial charge >= 0.3 is 7.12 Å². The highest BCUT2D eigenvalue weighted by Crippen LogP contribution is 2.23. The molecule has 60 valence electrons. The van der Waals surface area contributed by atoms with E-state index in [0.717, 1.165) is 0 Å². The van der Waals surface area contributed by atoms with Crippen molar-refractivity contribution in [3.05, 3.63) is 11.3 Å². The SMILES string of the molecule is O=C1CCCC(B(O)O)=C1F. The molecule has 0 saturated carbocycles. The molecular weight excluding hydrogens is 150 g/mol. The number of ketones is 1. The number of hydrogen-bond acceptors (Lipinski definition) is 3. The fraction of sp³-hybridized carbons (Fsp3) is 0.500. The Kier molecular flexibility index (Phi) is 2.41. The van der Waals surface area contributed by atoms with Gasteiger partial charge in [-0.25, -0.2) is 4.39 Å². The van der Waals surface area contributed by atoms with Crippen LogP contribution < -0.4 is 0 Å². The largest absolute Gasteiger partial charge is 0.487 e. The zero-order valence-corrected chi connectivity index (χ0v) is 5.88. The Balaban J connectivity index is 2.89. The Hall–Kier alpha value is -0.675. The maximum atomic E-state index is 12.7. The molecule has 0 heterocycles. The van der Waals surface area contributed by atoms with Crippen molar-refractivity contribution in [2.75, 3.05) is 0 Å². The topological polar surface area (TPSA) is 57.5 Å². The Bertz CT molecular complexity index is 212. The van der Waals surface area contributed by atoms with Crippen LogP contribution in [-0.2, 0) is 4.79 Å². The van der Waals surface area contributed by atoms with Crippen molar-refractivity contribution < 1.29 is 19.2 Å². The summed E-state index contributed by atoms with van der Waals surface area (Å²) in [6.45, 7) is 0. The molecule has 0 amide bonds. The summed E-state index contributed by atoms with van der Waals surface area (Å²) in [6.07, 6.45) is 0.927.